The first-order chi connectivity index (χ1) is 18.9. The molecule has 0 spiro atoms. The summed E-state index contributed by atoms with van der Waals surface area (Å²) in [6.07, 6.45) is 8.32. The van der Waals surface area contributed by atoms with E-state index in [4.69, 9.17) is 22.1 Å². The molecule has 0 radical (unpaired) electrons. The first-order valence-corrected chi connectivity index (χ1v) is 23.2. The van der Waals surface area contributed by atoms with Crippen molar-refractivity contribution < 1.29 is 41.6 Å². The molecule has 41 heavy (non-hydrogen) atoms. The van der Waals surface area contributed by atoms with Crippen LogP contribution in [-0.2, 0) is 36.5 Å². The van der Waals surface area contributed by atoms with Crippen LogP contribution >= 0.6 is 0 Å². The predicted octanol–water partition coefficient (Wildman–Crippen LogP) is 3.99. The minimum absolute atomic E-state index is 0.192. The minimum Gasteiger partial charge on any atom is -0.550 e. The Hall–Kier alpha value is -1.62. The number of carbonyl (C=O) groups excluding carboxylic acids is 3. The van der Waals surface area contributed by atoms with Crippen molar-refractivity contribution in [2.45, 2.75) is 84.4 Å². The lowest BCUT2D eigenvalue weighted by molar-refractivity contribution is -0.313. The zero-order valence-electron chi connectivity index (χ0n) is 26.8. The number of carboxylic acid groups (broad SMARTS) is 1. The van der Waals surface area contributed by atoms with Gasteiger partial charge in [0.1, 0.15) is 6.61 Å². The number of ether oxygens (including phenoxy) is 2. The van der Waals surface area contributed by atoms with Gasteiger partial charge >= 0.3 is 29.1 Å². The van der Waals surface area contributed by atoms with E-state index in [1.165, 1.54) is 12.8 Å². The average molecular weight is 633 g/mol. The number of allylic oxidation sites excluding steroid dienone is 2. The van der Waals surface area contributed by atoms with Gasteiger partial charge in [-0.3, -0.25) is 4.79 Å². The standard InChI is InChI=1S/C21H42O7Si3.C7H13NO2/c1-8-9-17-29(2,3)27-31(6,7)28-30(4,5)26-16-12-15-25-21(24)19-14-11-10-13-18(19)20(22)23;1-4-7(9)10-6-5-8(2)3/h10-11,18-19H,8-9,12-17H2,1-7H3,(H,22,23);4H,1,5-6H2,2-3H3/p-1. The molecule has 0 aromatic rings. The number of likely N-dealkylation sites (N-methyl/N-ethyl adjacent to an activating group) is 1. The highest BCUT2D eigenvalue weighted by molar-refractivity contribution is 6.86. The van der Waals surface area contributed by atoms with Gasteiger partial charge in [0.2, 0.25) is 0 Å². The molecule has 1 aliphatic carbocycles. The van der Waals surface area contributed by atoms with E-state index >= 15 is 0 Å². The van der Waals surface area contributed by atoms with Gasteiger partial charge in [-0.1, -0.05) is 38.5 Å². The Morgan fingerprint density at radius 1 is 0.902 bits per heavy atom. The Balaban J connectivity index is 0.00000136. The SMILES string of the molecule is C=CC(=O)OCCN(C)C.CCCC[Si](C)(C)O[Si](C)(C)O[Si](C)(C)OCCCOC(=O)C1CC=CCC1C(=O)[O-]. The number of hydrogen-bond acceptors (Lipinski definition) is 10. The van der Waals surface area contributed by atoms with Gasteiger partial charge in [0.25, 0.3) is 0 Å². The number of rotatable bonds is 18. The largest absolute Gasteiger partial charge is 0.550 e. The van der Waals surface area contributed by atoms with E-state index in [0.29, 0.717) is 32.5 Å². The van der Waals surface area contributed by atoms with E-state index in [0.717, 1.165) is 18.7 Å². The molecule has 13 heteroatoms. The maximum atomic E-state index is 12.3. The highest BCUT2D eigenvalue weighted by Gasteiger charge is 2.40. The van der Waals surface area contributed by atoms with Crippen LogP contribution in [0.1, 0.15) is 39.0 Å². The first kappa shape index (κ1) is 39.4. The summed E-state index contributed by atoms with van der Waals surface area (Å²) in [6, 6.07) is 1.13. The van der Waals surface area contributed by atoms with E-state index in [1.807, 2.05) is 38.2 Å². The molecule has 0 aromatic carbocycles. The van der Waals surface area contributed by atoms with Crippen molar-refractivity contribution in [3.05, 3.63) is 24.8 Å². The minimum atomic E-state index is -2.38. The van der Waals surface area contributed by atoms with Crippen LogP contribution in [0.4, 0.5) is 0 Å². The fraction of sp³-hybridized carbons (Fsp3) is 0.750. The van der Waals surface area contributed by atoms with Crippen LogP contribution in [0.2, 0.25) is 45.3 Å². The number of carboxylic acids is 1. The lowest BCUT2D eigenvalue weighted by Gasteiger charge is -2.38. The van der Waals surface area contributed by atoms with E-state index in [9.17, 15) is 19.5 Å². The number of hydrogen-bond donors (Lipinski definition) is 0. The third kappa shape index (κ3) is 19.2. The summed E-state index contributed by atoms with van der Waals surface area (Å²) in [5.41, 5.74) is 0. The zero-order chi connectivity index (χ0) is 31.7. The first-order valence-electron chi connectivity index (χ1n) is 14.5. The number of esters is 2. The highest BCUT2D eigenvalue weighted by Crippen LogP contribution is 2.27. The van der Waals surface area contributed by atoms with Crippen LogP contribution in [0.15, 0.2) is 24.8 Å². The molecule has 0 fully saturated rings. The molecule has 0 aliphatic heterocycles. The van der Waals surface area contributed by atoms with Crippen LogP contribution in [0.5, 0.6) is 0 Å². The highest BCUT2D eigenvalue weighted by atomic mass is 28.5. The smallest absolute Gasteiger partial charge is 0.330 e. The molecule has 0 amide bonds. The third-order valence-electron chi connectivity index (χ3n) is 6.12. The molecule has 1 aliphatic rings. The Morgan fingerprint density at radius 2 is 1.51 bits per heavy atom. The van der Waals surface area contributed by atoms with Gasteiger partial charge in [0.05, 0.1) is 12.5 Å². The van der Waals surface area contributed by atoms with Crippen molar-refractivity contribution in [2.75, 3.05) is 40.5 Å². The van der Waals surface area contributed by atoms with Gasteiger partial charge in [-0.2, -0.15) is 0 Å². The molecule has 1 rings (SSSR count). The molecule has 0 aromatic heterocycles. The summed E-state index contributed by atoms with van der Waals surface area (Å²) >= 11 is 0. The monoisotopic (exact) mass is 632 g/mol. The number of carbonyl (C=O) groups is 3. The van der Waals surface area contributed by atoms with Crippen LogP contribution in [0, 0.1) is 11.8 Å². The molecule has 0 bridgehead atoms. The molecular formula is C28H54NO9Si3-. The van der Waals surface area contributed by atoms with Crippen molar-refractivity contribution >= 4 is 43.3 Å². The van der Waals surface area contributed by atoms with Crippen molar-refractivity contribution in [1.82, 2.24) is 4.90 Å². The molecule has 0 N–H and O–H groups in total. The van der Waals surface area contributed by atoms with Crippen LogP contribution in [0.25, 0.3) is 0 Å². The average Bonchev–Trinajstić information content (AvgIpc) is 2.85. The lowest BCUT2D eigenvalue weighted by Crippen LogP contribution is -2.53. The van der Waals surface area contributed by atoms with Crippen molar-refractivity contribution in [2.24, 2.45) is 11.8 Å². The van der Waals surface area contributed by atoms with Gasteiger partial charge in [-0.05, 0) is 72.3 Å². The van der Waals surface area contributed by atoms with Crippen molar-refractivity contribution in [3.8, 4) is 0 Å². The summed E-state index contributed by atoms with van der Waals surface area (Å²) in [5, 5.41) is 11.2. The van der Waals surface area contributed by atoms with E-state index in [1.54, 1.807) is 6.08 Å². The van der Waals surface area contributed by atoms with E-state index in [2.05, 4.69) is 39.7 Å². The second-order valence-electron chi connectivity index (χ2n) is 11.9. The fourth-order valence-electron chi connectivity index (χ4n) is 4.34. The predicted molar refractivity (Wildman–Crippen MR) is 166 cm³/mol. The van der Waals surface area contributed by atoms with Crippen molar-refractivity contribution in [3.63, 3.8) is 0 Å². The van der Waals surface area contributed by atoms with E-state index in [-0.39, 0.29) is 12.6 Å². The van der Waals surface area contributed by atoms with Gasteiger partial charge in [0.15, 0.2) is 8.32 Å². The number of aliphatic carboxylic acids is 1. The third-order valence-corrected chi connectivity index (χ3v) is 16.7. The maximum absolute atomic E-state index is 12.3. The lowest BCUT2D eigenvalue weighted by atomic mass is 9.83. The molecule has 0 saturated carbocycles. The van der Waals surface area contributed by atoms with Crippen molar-refractivity contribution in [1.29, 1.82) is 0 Å². The van der Waals surface area contributed by atoms with Crippen LogP contribution < -0.4 is 5.11 Å². The summed E-state index contributed by atoms with van der Waals surface area (Å²) in [7, 11) is -2.60. The molecule has 238 valence electrons. The fourth-order valence-corrected chi connectivity index (χ4v) is 17.4. The molecular weight excluding hydrogens is 579 g/mol. The van der Waals surface area contributed by atoms with Gasteiger partial charge in [-0.15, -0.1) is 0 Å². The van der Waals surface area contributed by atoms with Gasteiger partial charge < -0.3 is 36.9 Å². The Bertz CT molecular complexity index is 848. The zero-order valence-corrected chi connectivity index (χ0v) is 29.8. The van der Waals surface area contributed by atoms with Gasteiger partial charge in [0, 0.05) is 37.5 Å². The summed E-state index contributed by atoms with van der Waals surface area (Å²) in [4.78, 5) is 35.9. The normalized spacial score (nSPS) is 17.4. The number of unbranched alkanes of at least 4 members (excludes halogenated alkanes) is 1. The van der Waals surface area contributed by atoms with E-state index < -0.39 is 49.2 Å². The molecule has 2 unspecified atom stereocenters. The molecule has 2 atom stereocenters. The van der Waals surface area contributed by atoms with Gasteiger partial charge in [-0.25, -0.2) is 4.79 Å². The summed E-state index contributed by atoms with van der Waals surface area (Å²) in [6.45, 7) is 19.9. The van der Waals surface area contributed by atoms with Crippen LogP contribution in [0.3, 0.4) is 0 Å². The molecule has 0 heterocycles. The Labute approximate surface area is 251 Å². The van der Waals surface area contributed by atoms with Crippen LogP contribution in [-0.4, -0.2) is 88.7 Å². The summed E-state index contributed by atoms with van der Waals surface area (Å²) < 4.78 is 28.9. The molecule has 0 saturated heterocycles. The number of nitrogens with zero attached hydrogens (tertiary/aromatic N) is 1. The quantitative estimate of drug-likeness (QED) is 0.0720. The Kier molecular flexibility index (Phi) is 18.8. The topological polar surface area (TPSA) is 124 Å². The molecule has 10 nitrogen and oxygen atoms in total. The second kappa shape index (κ2) is 19.5. The summed E-state index contributed by atoms with van der Waals surface area (Å²) in [5.74, 6) is -3.52. The second-order valence-corrected chi connectivity index (χ2v) is 23.4. The maximum Gasteiger partial charge on any atom is 0.330 e. The Morgan fingerprint density at radius 3 is 2.05 bits per heavy atom.